The van der Waals surface area contributed by atoms with E-state index < -0.39 is 0 Å². The highest BCUT2D eigenvalue weighted by Gasteiger charge is 2.21. The van der Waals surface area contributed by atoms with Crippen LogP contribution in [0.25, 0.3) is 136 Å². The van der Waals surface area contributed by atoms with Crippen LogP contribution in [0.2, 0.25) is 0 Å². The summed E-state index contributed by atoms with van der Waals surface area (Å²) in [4.78, 5) is 57.2. The van der Waals surface area contributed by atoms with Crippen LogP contribution in [-0.2, 0) is 0 Å². The Balaban J connectivity index is 1.08. The van der Waals surface area contributed by atoms with Gasteiger partial charge in [-0.15, -0.1) is 0 Å². The van der Waals surface area contributed by atoms with Crippen LogP contribution in [0.3, 0.4) is 0 Å². The molecule has 0 saturated carbocycles. The molecule has 0 saturated heterocycles. The average molecular weight is 983 g/mol. The molecule has 11 aromatic rings. The van der Waals surface area contributed by atoms with Crippen molar-refractivity contribution >= 4 is 46.4 Å². The molecule has 76 heavy (non-hydrogen) atoms. The minimum atomic E-state index is 0.754. The SMILES string of the molecule is Cc1ccc(-c2ccc(-c3c4nc(c(-c5ccc(-c6ccc(C)cn6)nc5)c5ccc([nH]5)c(-c5ccc(-c6ccc(C)cn6)nc5)c5nc(c(-c6ccc(-c7ccc(C)cn7)nc6)c6ccc3[nH]6)C=C5)C=C4)cn2)nc1. The molecular weight excluding hydrogens is 937 g/mol. The predicted octanol–water partition coefficient (Wildman–Crippen LogP) is 14.4. The Labute approximate surface area is 437 Å². The number of fused-ring (bicyclic) bond motifs is 8. The predicted molar refractivity (Wildman–Crippen MR) is 304 cm³/mol. The summed E-state index contributed by atoms with van der Waals surface area (Å²) in [7, 11) is 0. The van der Waals surface area contributed by atoms with Crippen LogP contribution < -0.4 is 0 Å². The monoisotopic (exact) mass is 982 g/mol. The zero-order valence-electron chi connectivity index (χ0n) is 41.9. The first-order valence-corrected chi connectivity index (χ1v) is 25.0. The lowest BCUT2D eigenvalue weighted by atomic mass is 10.0. The van der Waals surface area contributed by atoms with Gasteiger partial charge in [-0.2, -0.15) is 0 Å². The first-order valence-electron chi connectivity index (χ1n) is 25.0. The lowest BCUT2D eigenvalue weighted by Gasteiger charge is -2.08. The molecule has 2 N–H and O–H groups in total. The van der Waals surface area contributed by atoms with Crippen LogP contribution in [0.4, 0.5) is 0 Å². The maximum absolute atomic E-state index is 5.50. The fraction of sp³-hybridized carbons (Fsp3) is 0.0625. The molecule has 2 aliphatic rings. The van der Waals surface area contributed by atoms with Gasteiger partial charge in [0.15, 0.2) is 0 Å². The van der Waals surface area contributed by atoms with Gasteiger partial charge < -0.3 is 9.97 Å². The first kappa shape index (κ1) is 45.6. The summed E-state index contributed by atoms with van der Waals surface area (Å²) in [5.41, 5.74) is 24.0. The zero-order valence-corrected chi connectivity index (χ0v) is 41.9. The summed E-state index contributed by atoms with van der Waals surface area (Å²) < 4.78 is 0. The molecule has 0 aromatic carbocycles. The van der Waals surface area contributed by atoms with E-state index in [4.69, 9.17) is 29.9 Å². The standard InChI is InChI=1S/C64H46N12/c1-37-5-13-45(65-29-37)49-17-9-41(33-69-49)61-53-21-23-55(73-53)62(42-10-18-50(70-34-42)46-14-6-38(2)30-66-46)57-25-27-59(75-57)64(44-12-20-52(72-36-44)48-16-8-40(4)32-68-48)60-28-26-58(76-60)63(56-24-22-54(61)74-56)43-11-19-51(71-35-43)47-15-7-39(3)31-67-47/h5-36,73,76H,1-4H3. The van der Waals surface area contributed by atoms with Crippen LogP contribution in [-0.4, -0.2) is 59.8 Å². The van der Waals surface area contributed by atoms with Crippen LogP contribution in [0.15, 0.2) is 171 Å². The molecule has 13 rings (SSSR count). The molecule has 0 unspecified atom stereocenters. The highest BCUT2D eigenvalue weighted by Crippen LogP contribution is 2.39. The summed E-state index contributed by atoms with van der Waals surface area (Å²) in [5.74, 6) is 0. The minimum Gasteiger partial charge on any atom is -0.354 e. The largest absolute Gasteiger partial charge is 0.354 e. The van der Waals surface area contributed by atoms with Crippen molar-refractivity contribution in [3.8, 4) is 90.1 Å². The maximum Gasteiger partial charge on any atom is 0.0886 e. The highest BCUT2D eigenvalue weighted by atomic mass is 14.8. The van der Waals surface area contributed by atoms with E-state index in [0.717, 1.165) is 157 Å². The number of hydrogen-bond donors (Lipinski definition) is 2. The lowest BCUT2D eigenvalue weighted by Crippen LogP contribution is -1.93. The van der Waals surface area contributed by atoms with Crippen molar-refractivity contribution in [1.82, 2.24) is 59.8 Å². The Morgan fingerprint density at radius 1 is 0.237 bits per heavy atom. The Hall–Kier alpha value is -10.2. The van der Waals surface area contributed by atoms with Gasteiger partial charge in [0.2, 0.25) is 0 Å². The van der Waals surface area contributed by atoms with E-state index in [2.05, 4.69) is 103 Å². The van der Waals surface area contributed by atoms with Crippen molar-refractivity contribution in [1.29, 1.82) is 0 Å². The van der Waals surface area contributed by atoms with Gasteiger partial charge in [-0.25, -0.2) is 9.97 Å². The number of nitrogens with one attached hydrogen (secondary N) is 2. The van der Waals surface area contributed by atoms with Crippen LogP contribution in [0.1, 0.15) is 45.0 Å². The van der Waals surface area contributed by atoms with E-state index in [1.165, 1.54) is 0 Å². The van der Waals surface area contributed by atoms with Gasteiger partial charge in [0.25, 0.3) is 0 Å². The van der Waals surface area contributed by atoms with Crippen LogP contribution >= 0.6 is 0 Å². The molecule has 12 heteroatoms. The third kappa shape index (κ3) is 8.73. The van der Waals surface area contributed by atoms with Crippen molar-refractivity contribution in [2.45, 2.75) is 27.7 Å². The molecule has 0 atom stereocenters. The topological polar surface area (TPSA) is 160 Å². The average Bonchev–Trinajstić information content (AvgIpc) is 4.33. The molecule has 13 heterocycles. The molecule has 2 aliphatic heterocycles. The van der Waals surface area contributed by atoms with Crippen molar-refractivity contribution in [3.63, 3.8) is 0 Å². The number of aryl methyl sites for hydroxylation is 4. The maximum atomic E-state index is 5.50. The van der Waals surface area contributed by atoms with Crippen LogP contribution in [0, 0.1) is 27.7 Å². The number of hydrogen-bond acceptors (Lipinski definition) is 10. The fourth-order valence-corrected chi connectivity index (χ4v) is 9.67. The second-order valence-corrected chi connectivity index (χ2v) is 19.1. The number of pyridine rings is 8. The Kier molecular flexibility index (Phi) is 11.4. The van der Waals surface area contributed by atoms with Gasteiger partial charge in [-0.05, 0) is 147 Å². The van der Waals surface area contributed by atoms with Crippen molar-refractivity contribution in [3.05, 3.63) is 216 Å². The van der Waals surface area contributed by atoms with Gasteiger partial charge in [-0.3, -0.25) is 39.9 Å². The summed E-state index contributed by atoms with van der Waals surface area (Å²) in [6, 6.07) is 41.0. The third-order valence-electron chi connectivity index (χ3n) is 13.7. The zero-order chi connectivity index (χ0) is 51.3. The number of aromatic amines is 2. The van der Waals surface area contributed by atoms with E-state index >= 15 is 0 Å². The molecule has 8 bridgehead atoms. The number of rotatable bonds is 8. The second kappa shape index (κ2) is 19.0. The Morgan fingerprint density at radius 2 is 0.447 bits per heavy atom. The number of aromatic nitrogens is 12. The summed E-state index contributed by atoms with van der Waals surface area (Å²) in [6.45, 7) is 8.11. The van der Waals surface area contributed by atoms with E-state index in [0.29, 0.717) is 0 Å². The number of H-pyrrole nitrogens is 2. The van der Waals surface area contributed by atoms with Gasteiger partial charge in [0, 0.05) is 116 Å². The van der Waals surface area contributed by atoms with Crippen LogP contribution in [0.5, 0.6) is 0 Å². The Morgan fingerprint density at radius 3 is 0.632 bits per heavy atom. The van der Waals surface area contributed by atoms with E-state index in [-0.39, 0.29) is 0 Å². The molecule has 0 spiro atoms. The summed E-state index contributed by atoms with van der Waals surface area (Å²) in [6.07, 6.45) is 23.3. The summed E-state index contributed by atoms with van der Waals surface area (Å²) in [5, 5.41) is 0. The molecule has 0 aliphatic carbocycles. The smallest absolute Gasteiger partial charge is 0.0886 e. The van der Waals surface area contributed by atoms with Crippen molar-refractivity contribution in [2.24, 2.45) is 0 Å². The second-order valence-electron chi connectivity index (χ2n) is 19.1. The normalized spacial score (nSPS) is 11.8. The quantitative estimate of drug-likeness (QED) is 0.150. The van der Waals surface area contributed by atoms with E-state index in [1.54, 1.807) is 0 Å². The molecule has 0 radical (unpaired) electrons. The van der Waals surface area contributed by atoms with Crippen molar-refractivity contribution in [2.75, 3.05) is 0 Å². The van der Waals surface area contributed by atoms with Crippen molar-refractivity contribution < 1.29 is 0 Å². The molecule has 0 amide bonds. The first-order chi connectivity index (χ1) is 37.2. The van der Waals surface area contributed by atoms with Gasteiger partial charge in [-0.1, -0.05) is 48.5 Å². The lowest BCUT2D eigenvalue weighted by molar-refractivity contribution is 1.22. The van der Waals surface area contributed by atoms with Gasteiger partial charge in [0.1, 0.15) is 0 Å². The molecular formula is C64H46N12. The van der Waals surface area contributed by atoms with Gasteiger partial charge >= 0.3 is 0 Å². The third-order valence-corrected chi connectivity index (χ3v) is 13.7. The number of nitrogens with zero attached hydrogens (tertiary/aromatic N) is 10. The highest BCUT2D eigenvalue weighted by molar-refractivity contribution is 6.00. The fourth-order valence-electron chi connectivity index (χ4n) is 9.67. The molecule has 11 aromatic heterocycles. The van der Waals surface area contributed by atoms with E-state index in [9.17, 15) is 0 Å². The molecule has 362 valence electrons. The Bertz CT molecular complexity index is 3690. The summed E-state index contributed by atoms with van der Waals surface area (Å²) >= 11 is 0. The molecule has 0 fully saturated rings. The van der Waals surface area contributed by atoms with E-state index in [1.807, 2.05) is 150 Å². The van der Waals surface area contributed by atoms with Gasteiger partial charge in [0.05, 0.1) is 68.3 Å². The molecule has 12 nitrogen and oxygen atoms in total. The minimum absolute atomic E-state index is 0.754.